The van der Waals surface area contributed by atoms with Gasteiger partial charge in [0.15, 0.2) is 5.15 Å². The number of hydrogen-bond acceptors (Lipinski definition) is 9. The largest absolute Gasteiger partial charge is 0.495 e. The number of anilines is 2. The van der Waals surface area contributed by atoms with E-state index in [9.17, 15) is 9.90 Å². The van der Waals surface area contributed by atoms with Crippen LogP contribution in [-0.4, -0.2) is 86.4 Å². The number of carboxylic acid groups (broad SMARTS) is 1. The normalized spacial score (nSPS) is 22.1. The Balaban J connectivity index is 1.34. The van der Waals surface area contributed by atoms with E-state index in [2.05, 4.69) is 26.7 Å². The third-order valence-corrected chi connectivity index (χ3v) is 7.62. The van der Waals surface area contributed by atoms with Crippen molar-refractivity contribution in [2.24, 2.45) is 5.92 Å². The molecule has 2 aromatic heterocycles. The van der Waals surface area contributed by atoms with E-state index in [4.69, 9.17) is 30.5 Å². The number of halogens is 1. The van der Waals surface area contributed by atoms with Crippen molar-refractivity contribution in [3.05, 3.63) is 35.7 Å². The molecule has 10 nitrogen and oxygen atoms in total. The number of carbonyl (C=O) groups is 1. The van der Waals surface area contributed by atoms with Crippen LogP contribution in [0.1, 0.15) is 32.6 Å². The smallest absolute Gasteiger partial charge is 0.305 e. The molecule has 11 heteroatoms. The maximum Gasteiger partial charge on any atom is 0.305 e. The fourth-order valence-corrected chi connectivity index (χ4v) is 5.41. The summed E-state index contributed by atoms with van der Waals surface area (Å²) in [6, 6.07) is 5.55. The summed E-state index contributed by atoms with van der Waals surface area (Å²) in [5.74, 6) is 0.483. The van der Waals surface area contributed by atoms with Gasteiger partial charge in [-0.15, -0.1) is 0 Å². The van der Waals surface area contributed by atoms with Crippen LogP contribution in [0.15, 0.2) is 30.6 Å². The Bertz CT molecular complexity index is 1050. The maximum atomic E-state index is 11.6. The average molecular weight is 549 g/mol. The van der Waals surface area contributed by atoms with Gasteiger partial charge in [-0.3, -0.25) is 4.79 Å². The number of aromatic nitrogens is 2. The van der Waals surface area contributed by atoms with Gasteiger partial charge in [0.05, 0.1) is 43.4 Å². The molecule has 4 rings (SSSR count). The Kier molecular flexibility index (Phi) is 9.87. The van der Waals surface area contributed by atoms with E-state index in [1.807, 2.05) is 18.2 Å². The third-order valence-electron chi connectivity index (χ3n) is 7.33. The molecule has 0 saturated carbocycles. The second-order valence-corrected chi connectivity index (χ2v) is 10.1. The van der Waals surface area contributed by atoms with E-state index in [-0.39, 0.29) is 30.6 Å². The Morgan fingerprint density at radius 3 is 2.61 bits per heavy atom. The van der Waals surface area contributed by atoms with Crippen LogP contribution in [0.25, 0.3) is 0 Å². The molecule has 3 atom stereocenters. The summed E-state index contributed by atoms with van der Waals surface area (Å²) in [4.78, 5) is 24.6. The van der Waals surface area contributed by atoms with Gasteiger partial charge >= 0.3 is 5.97 Å². The van der Waals surface area contributed by atoms with Crippen LogP contribution in [0.2, 0.25) is 5.15 Å². The molecule has 0 unspecified atom stereocenters. The second-order valence-electron chi connectivity index (χ2n) is 9.78. The summed E-state index contributed by atoms with van der Waals surface area (Å²) in [5, 5.41) is 9.97. The fraction of sp³-hybridized carbons (Fsp3) is 0.593. The first-order valence-electron chi connectivity index (χ1n) is 13.1. The lowest BCUT2D eigenvalue weighted by Gasteiger charge is -2.33. The molecule has 0 radical (unpaired) electrons. The standard InChI is InChI=1S/C27H37ClN4O6/c1-18-22(14-26(33)34)32(17-24(18)37-12-4-11-35-2)19-5-6-25(29-15-19)38-20-7-9-31(10-8-20)23-13-21(36-3)16-30-27(23)28/h5-6,13,15-16,18,20,22,24H,4,7-12,14,17H2,1-3H3,(H,33,34)/t18-,22-,24-/m0/s1. The van der Waals surface area contributed by atoms with Crippen LogP contribution >= 0.6 is 11.6 Å². The van der Waals surface area contributed by atoms with Crippen molar-refractivity contribution in [2.45, 2.75) is 50.9 Å². The van der Waals surface area contributed by atoms with Crippen molar-refractivity contribution in [1.82, 2.24) is 9.97 Å². The first-order valence-corrected chi connectivity index (χ1v) is 13.4. The first kappa shape index (κ1) is 28.2. The molecule has 2 aliphatic heterocycles. The molecule has 0 bridgehead atoms. The number of methoxy groups -OCH3 is 2. The second kappa shape index (κ2) is 13.3. The summed E-state index contributed by atoms with van der Waals surface area (Å²) in [5.41, 5.74) is 1.73. The Labute approximate surface area is 228 Å². The zero-order chi connectivity index (χ0) is 27.1. The zero-order valence-electron chi connectivity index (χ0n) is 22.2. The molecular weight excluding hydrogens is 512 g/mol. The topological polar surface area (TPSA) is 106 Å². The number of piperidine rings is 1. The number of nitrogens with zero attached hydrogens (tertiary/aromatic N) is 4. The minimum atomic E-state index is -0.822. The lowest BCUT2D eigenvalue weighted by atomic mass is 9.97. The summed E-state index contributed by atoms with van der Waals surface area (Å²) in [7, 11) is 3.28. The number of rotatable bonds is 12. The van der Waals surface area contributed by atoms with E-state index >= 15 is 0 Å². The quantitative estimate of drug-likeness (QED) is 0.310. The van der Waals surface area contributed by atoms with E-state index < -0.39 is 5.97 Å². The molecule has 4 heterocycles. The van der Waals surface area contributed by atoms with E-state index in [0.29, 0.717) is 36.5 Å². The van der Waals surface area contributed by atoms with Gasteiger partial charge in [0, 0.05) is 76.9 Å². The van der Waals surface area contributed by atoms with Crippen molar-refractivity contribution in [2.75, 3.05) is 56.9 Å². The van der Waals surface area contributed by atoms with Gasteiger partial charge in [-0.1, -0.05) is 18.5 Å². The van der Waals surface area contributed by atoms with E-state index in [1.54, 1.807) is 26.6 Å². The number of aliphatic carboxylic acids is 1. The summed E-state index contributed by atoms with van der Waals surface area (Å²) < 4.78 is 22.6. The molecule has 38 heavy (non-hydrogen) atoms. The third kappa shape index (κ3) is 6.98. The molecule has 2 aromatic rings. The SMILES string of the molecule is COCCCO[C@H]1CN(c2ccc(OC3CCN(c4cc(OC)cnc4Cl)CC3)nc2)[C@@H](CC(=O)O)[C@@H]1C. The van der Waals surface area contributed by atoms with Crippen LogP contribution in [0.4, 0.5) is 11.4 Å². The van der Waals surface area contributed by atoms with Crippen LogP contribution in [0, 0.1) is 5.92 Å². The number of ether oxygens (including phenoxy) is 4. The molecule has 2 aliphatic rings. The molecule has 0 amide bonds. The van der Waals surface area contributed by atoms with E-state index in [0.717, 1.165) is 43.7 Å². The lowest BCUT2D eigenvalue weighted by molar-refractivity contribution is -0.137. The monoisotopic (exact) mass is 548 g/mol. The van der Waals surface area contributed by atoms with Gasteiger partial charge < -0.3 is 33.9 Å². The van der Waals surface area contributed by atoms with Crippen LogP contribution in [-0.2, 0) is 14.3 Å². The molecule has 0 spiro atoms. The summed E-state index contributed by atoms with van der Waals surface area (Å²) in [6.07, 6.45) is 5.86. The highest BCUT2D eigenvalue weighted by atomic mass is 35.5. The molecule has 2 fully saturated rings. The van der Waals surface area contributed by atoms with Crippen LogP contribution < -0.4 is 19.3 Å². The highest BCUT2D eigenvalue weighted by molar-refractivity contribution is 6.32. The van der Waals surface area contributed by atoms with Gasteiger partial charge in [-0.25, -0.2) is 9.97 Å². The fourth-order valence-electron chi connectivity index (χ4n) is 5.19. The van der Waals surface area contributed by atoms with Crippen molar-refractivity contribution in [3.8, 4) is 11.6 Å². The Morgan fingerprint density at radius 1 is 1.16 bits per heavy atom. The van der Waals surface area contributed by atoms with Crippen molar-refractivity contribution >= 4 is 28.9 Å². The van der Waals surface area contributed by atoms with E-state index in [1.165, 1.54) is 0 Å². The van der Waals surface area contributed by atoms with Gasteiger partial charge in [0.2, 0.25) is 5.88 Å². The minimum absolute atomic E-state index is 0.0402. The molecule has 1 N–H and O–H groups in total. The van der Waals surface area contributed by atoms with Crippen molar-refractivity contribution < 1.29 is 28.8 Å². The number of hydrogen-bond donors (Lipinski definition) is 1. The van der Waals surface area contributed by atoms with Crippen LogP contribution in [0.3, 0.4) is 0 Å². The average Bonchev–Trinajstić information content (AvgIpc) is 3.22. The van der Waals surface area contributed by atoms with Gasteiger partial charge in [0.1, 0.15) is 11.9 Å². The Hall–Kier alpha value is -2.82. The van der Waals surface area contributed by atoms with Gasteiger partial charge in [-0.05, 0) is 12.5 Å². The highest BCUT2D eigenvalue weighted by Gasteiger charge is 2.41. The summed E-state index contributed by atoms with van der Waals surface area (Å²) in [6.45, 7) is 5.46. The molecule has 0 aliphatic carbocycles. The highest BCUT2D eigenvalue weighted by Crippen LogP contribution is 2.34. The predicted molar refractivity (Wildman–Crippen MR) is 145 cm³/mol. The molecule has 0 aromatic carbocycles. The predicted octanol–water partition coefficient (Wildman–Crippen LogP) is 3.91. The van der Waals surface area contributed by atoms with Gasteiger partial charge in [-0.2, -0.15) is 0 Å². The molecule has 2 saturated heterocycles. The first-order chi connectivity index (χ1) is 18.4. The molecular formula is C27H37ClN4O6. The minimum Gasteiger partial charge on any atom is -0.495 e. The summed E-state index contributed by atoms with van der Waals surface area (Å²) >= 11 is 6.32. The molecule has 208 valence electrons. The van der Waals surface area contributed by atoms with Gasteiger partial charge in [0.25, 0.3) is 0 Å². The van der Waals surface area contributed by atoms with Crippen molar-refractivity contribution in [3.63, 3.8) is 0 Å². The number of carboxylic acids is 1. The number of pyridine rings is 2. The lowest BCUT2D eigenvalue weighted by Crippen LogP contribution is -2.38. The van der Waals surface area contributed by atoms with Crippen molar-refractivity contribution in [1.29, 1.82) is 0 Å². The Morgan fingerprint density at radius 2 is 1.95 bits per heavy atom. The maximum absolute atomic E-state index is 11.6. The van der Waals surface area contributed by atoms with Crippen LogP contribution in [0.5, 0.6) is 11.6 Å². The zero-order valence-corrected chi connectivity index (χ0v) is 23.0.